The molecule has 4 aromatic rings. The quantitative estimate of drug-likeness (QED) is 0.373. The molecule has 0 atom stereocenters. The number of hydrogen-bond acceptors (Lipinski definition) is 6. The van der Waals surface area contributed by atoms with E-state index in [1.54, 1.807) is 37.1 Å². The summed E-state index contributed by atoms with van der Waals surface area (Å²) in [7, 11) is -3.51. The predicted octanol–water partition coefficient (Wildman–Crippen LogP) is 5.34. The van der Waals surface area contributed by atoms with Crippen LogP contribution < -0.4 is 4.90 Å². The van der Waals surface area contributed by atoms with Gasteiger partial charge in [0.05, 0.1) is 32.6 Å². The Morgan fingerprint density at radius 1 is 1.03 bits per heavy atom. The average molecular weight is 480 g/mol. The first kappa shape index (κ1) is 23.1. The maximum absolute atomic E-state index is 13.7. The van der Waals surface area contributed by atoms with Gasteiger partial charge in [-0.25, -0.2) is 13.4 Å². The number of anilines is 1. The van der Waals surface area contributed by atoms with Crippen molar-refractivity contribution in [1.82, 2.24) is 9.97 Å². The van der Waals surface area contributed by atoms with E-state index >= 15 is 0 Å². The third-order valence-electron chi connectivity index (χ3n) is 5.48. The molecule has 33 heavy (non-hydrogen) atoms. The zero-order valence-corrected chi connectivity index (χ0v) is 20.6. The molecule has 0 aliphatic carbocycles. The van der Waals surface area contributed by atoms with Crippen LogP contribution in [0.5, 0.6) is 0 Å². The van der Waals surface area contributed by atoms with Gasteiger partial charge in [0.15, 0.2) is 15.0 Å². The molecule has 0 N–H and O–H groups in total. The first-order valence-electron chi connectivity index (χ1n) is 10.6. The lowest BCUT2D eigenvalue weighted by atomic mass is 10.1. The normalized spacial score (nSPS) is 11.8. The highest BCUT2D eigenvalue weighted by atomic mass is 32.2. The molecule has 0 saturated carbocycles. The van der Waals surface area contributed by atoms with E-state index in [1.165, 1.54) is 23.5 Å². The van der Waals surface area contributed by atoms with E-state index in [4.69, 9.17) is 4.98 Å². The molecule has 170 valence electrons. The summed E-state index contributed by atoms with van der Waals surface area (Å²) in [5.74, 6) is -0.323. The Kier molecular flexibility index (Phi) is 6.32. The van der Waals surface area contributed by atoms with Crippen LogP contribution in [0.2, 0.25) is 0 Å². The van der Waals surface area contributed by atoms with Crippen molar-refractivity contribution in [2.45, 2.75) is 44.4 Å². The molecule has 8 heteroatoms. The molecular formula is C25H25N3O3S2. The number of carbonyl (C=O) groups excluding carboxylic acids is 1. The lowest BCUT2D eigenvalue weighted by molar-refractivity contribution is 0.0984. The van der Waals surface area contributed by atoms with Gasteiger partial charge in [0, 0.05) is 11.8 Å². The summed E-state index contributed by atoms with van der Waals surface area (Å²) in [6.07, 6.45) is 1.68. The smallest absolute Gasteiger partial charge is 0.260 e. The standard InChI is InChI=1S/C25H25N3O3S2/c1-16(2)33(30,31)21-10-7-8-19(14-21)24(29)28(15-20-9-5-6-13-26-20)25-27-22-17(3)11-12-18(4)23(22)32-25/h5-14,16H,15H2,1-4H3. The number of sulfone groups is 1. The van der Waals surface area contributed by atoms with Gasteiger partial charge in [0.1, 0.15) is 0 Å². The van der Waals surface area contributed by atoms with Crippen LogP contribution in [-0.2, 0) is 16.4 Å². The number of fused-ring (bicyclic) bond motifs is 1. The highest BCUT2D eigenvalue weighted by molar-refractivity contribution is 7.92. The van der Waals surface area contributed by atoms with Crippen molar-refractivity contribution in [2.75, 3.05) is 4.90 Å². The number of carbonyl (C=O) groups is 1. The Morgan fingerprint density at radius 3 is 2.45 bits per heavy atom. The third kappa shape index (κ3) is 4.54. The van der Waals surface area contributed by atoms with Crippen LogP contribution in [0, 0.1) is 13.8 Å². The van der Waals surface area contributed by atoms with E-state index in [0.29, 0.717) is 16.4 Å². The van der Waals surface area contributed by atoms with E-state index < -0.39 is 15.1 Å². The number of pyridine rings is 1. The highest BCUT2D eigenvalue weighted by Gasteiger charge is 2.25. The number of rotatable bonds is 6. The maximum Gasteiger partial charge on any atom is 0.260 e. The van der Waals surface area contributed by atoms with Crippen molar-refractivity contribution in [2.24, 2.45) is 0 Å². The Balaban J connectivity index is 1.82. The van der Waals surface area contributed by atoms with Gasteiger partial charge in [0.25, 0.3) is 5.91 Å². The lowest BCUT2D eigenvalue weighted by Gasteiger charge is -2.20. The Bertz CT molecular complexity index is 1390. The van der Waals surface area contributed by atoms with Gasteiger partial charge >= 0.3 is 0 Å². The molecule has 2 aromatic carbocycles. The number of nitrogens with zero attached hydrogens (tertiary/aromatic N) is 3. The minimum absolute atomic E-state index is 0.136. The molecule has 0 radical (unpaired) electrons. The first-order valence-corrected chi connectivity index (χ1v) is 13.0. The molecule has 0 aliphatic heterocycles. The number of amides is 1. The van der Waals surface area contributed by atoms with Gasteiger partial charge in [-0.1, -0.05) is 35.6 Å². The van der Waals surface area contributed by atoms with Gasteiger partial charge in [-0.05, 0) is 69.2 Å². The molecule has 1 amide bonds. The van der Waals surface area contributed by atoms with Gasteiger partial charge in [-0.3, -0.25) is 14.7 Å². The van der Waals surface area contributed by atoms with Crippen LogP contribution in [0.3, 0.4) is 0 Å². The third-order valence-corrected chi connectivity index (χ3v) is 8.85. The van der Waals surface area contributed by atoms with Gasteiger partial charge in [-0.15, -0.1) is 0 Å². The largest absolute Gasteiger partial charge is 0.278 e. The number of thiazole rings is 1. The summed E-state index contributed by atoms with van der Waals surface area (Å²) in [5, 5.41) is -0.0298. The molecule has 4 rings (SSSR count). The lowest BCUT2D eigenvalue weighted by Crippen LogP contribution is -2.31. The number of aryl methyl sites for hydroxylation is 2. The van der Waals surface area contributed by atoms with Crippen LogP contribution in [0.1, 0.15) is 41.0 Å². The Labute approximate surface area is 197 Å². The topological polar surface area (TPSA) is 80.2 Å². The second-order valence-electron chi connectivity index (χ2n) is 8.21. The molecule has 2 aromatic heterocycles. The summed E-state index contributed by atoms with van der Waals surface area (Å²) < 4.78 is 26.4. The minimum Gasteiger partial charge on any atom is -0.278 e. The van der Waals surface area contributed by atoms with E-state index in [0.717, 1.165) is 21.3 Å². The molecule has 0 bridgehead atoms. The molecule has 0 aliphatic rings. The molecule has 2 heterocycles. The number of benzene rings is 2. The van der Waals surface area contributed by atoms with Crippen LogP contribution >= 0.6 is 11.3 Å². The van der Waals surface area contributed by atoms with Crippen molar-refractivity contribution >= 4 is 42.4 Å². The van der Waals surface area contributed by atoms with Crippen LogP contribution in [0.25, 0.3) is 10.2 Å². The van der Waals surface area contributed by atoms with Gasteiger partial charge in [0.2, 0.25) is 0 Å². The number of hydrogen-bond donors (Lipinski definition) is 0. The zero-order valence-electron chi connectivity index (χ0n) is 18.9. The summed E-state index contributed by atoms with van der Waals surface area (Å²) in [6, 6.07) is 15.8. The van der Waals surface area contributed by atoms with Crippen molar-refractivity contribution in [1.29, 1.82) is 0 Å². The van der Waals surface area contributed by atoms with E-state index in [1.807, 2.05) is 44.2 Å². The fourth-order valence-electron chi connectivity index (χ4n) is 3.48. The summed E-state index contributed by atoms with van der Waals surface area (Å²) in [4.78, 5) is 24.6. The minimum atomic E-state index is -3.51. The maximum atomic E-state index is 13.7. The van der Waals surface area contributed by atoms with Crippen LogP contribution in [-0.4, -0.2) is 29.5 Å². The SMILES string of the molecule is Cc1ccc(C)c2sc(N(Cc3ccccn3)C(=O)c3cccc(S(=O)(=O)C(C)C)c3)nc12. The number of aromatic nitrogens is 2. The van der Waals surface area contributed by atoms with Crippen LogP contribution in [0.4, 0.5) is 5.13 Å². The first-order chi connectivity index (χ1) is 15.7. The fraction of sp³-hybridized carbons (Fsp3) is 0.240. The highest BCUT2D eigenvalue weighted by Crippen LogP contribution is 2.34. The molecule has 6 nitrogen and oxygen atoms in total. The van der Waals surface area contributed by atoms with Gasteiger partial charge in [-0.2, -0.15) is 0 Å². The van der Waals surface area contributed by atoms with E-state index in [2.05, 4.69) is 4.98 Å². The van der Waals surface area contributed by atoms with Crippen LogP contribution in [0.15, 0.2) is 65.7 Å². The zero-order chi connectivity index (χ0) is 23.8. The predicted molar refractivity (Wildman–Crippen MR) is 133 cm³/mol. The Hall–Kier alpha value is -3.10. The fourth-order valence-corrected chi connectivity index (χ4v) is 5.69. The molecule has 0 saturated heterocycles. The molecule has 0 fully saturated rings. The van der Waals surface area contributed by atoms with Crippen molar-refractivity contribution in [3.05, 3.63) is 83.2 Å². The molecule has 0 spiro atoms. The van der Waals surface area contributed by atoms with Crippen molar-refractivity contribution < 1.29 is 13.2 Å². The van der Waals surface area contributed by atoms with Crippen molar-refractivity contribution in [3.63, 3.8) is 0 Å². The Morgan fingerprint density at radius 2 is 1.79 bits per heavy atom. The van der Waals surface area contributed by atoms with E-state index in [9.17, 15) is 13.2 Å². The summed E-state index contributed by atoms with van der Waals surface area (Å²) in [5.41, 5.74) is 4.00. The summed E-state index contributed by atoms with van der Waals surface area (Å²) >= 11 is 1.45. The van der Waals surface area contributed by atoms with E-state index in [-0.39, 0.29) is 17.3 Å². The summed E-state index contributed by atoms with van der Waals surface area (Å²) in [6.45, 7) is 7.50. The second kappa shape index (κ2) is 9.03. The molecular weight excluding hydrogens is 454 g/mol. The second-order valence-corrected chi connectivity index (χ2v) is 11.7. The average Bonchev–Trinajstić information content (AvgIpc) is 3.27. The van der Waals surface area contributed by atoms with Crippen molar-refractivity contribution in [3.8, 4) is 0 Å². The monoisotopic (exact) mass is 479 g/mol. The van der Waals surface area contributed by atoms with Gasteiger partial charge < -0.3 is 0 Å². The molecule has 0 unspecified atom stereocenters.